The molecule has 0 spiro atoms. The van der Waals surface area contributed by atoms with Crippen LogP contribution in [0.3, 0.4) is 0 Å². The predicted octanol–water partition coefficient (Wildman–Crippen LogP) is 4.08. The third-order valence-electron chi connectivity index (χ3n) is 3.83. The molecule has 0 saturated heterocycles. The van der Waals surface area contributed by atoms with Crippen molar-refractivity contribution in [1.29, 1.82) is 5.26 Å². The molecule has 6 nitrogen and oxygen atoms in total. The SMILES string of the molecule is CC(Sc1nc(-c2ccc(Cl)cc2)c(C#N)c(=O)[nH]1)C(=O)Nc1ccccc1. The van der Waals surface area contributed by atoms with Gasteiger partial charge in [0.05, 0.1) is 10.9 Å². The van der Waals surface area contributed by atoms with Crippen molar-refractivity contribution in [1.82, 2.24) is 9.97 Å². The molecule has 0 aliphatic carbocycles. The standard InChI is InChI=1S/C20H15ClN4O2S/c1-12(18(26)23-15-5-3-2-4-6-15)28-20-24-17(16(11-22)19(27)25-20)13-7-9-14(21)10-8-13/h2-10,12H,1H3,(H,23,26)(H,24,25,27). The molecule has 0 bridgehead atoms. The monoisotopic (exact) mass is 410 g/mol. The van der Waals surface area contributed by atoms with Gasteiger partial charge in [-0.25, -0.2) is 4.98 Å². The van der Waals surface area contributed by atoms with E-state index in [0.717, 1.165) is 11.8 Å². The lowest BCUT2D eigenvalue weighted by Crippen LogP contribution is -2.23. The summed E-state index contributed by atoms with van der Waals surface area (Å²) in [5.41, 5.74) is 0.883. The maximum atomic E-state index is 12.4. The Morgan fingerprint density at radius 3 is 2.54 bits per heavy atom. The molecular weight excluding hydrogens is 396 g/mol. The van der Waals surface area contributed by atoms with Crippen LogP contribution in [0.4, 0.5) is 5.69 Å². The zero-order valence-electron chi connectivity index (χ0n) is 14.8. The van der Waals surface area contributed by atoms with Crippen molar-refractivity contribution in [3.8, 4) is 17.3 Å². The fourth-order valence-corrected chi connectivity index (χ4v) is 3.34. The smallest absolute Gasteiger partial charge is 0.270 e. The molecule has 3 rings (SSSR count). The number of carbonyl (C=O) groups excluding carboxylic acids is 1. The van der Waals surface area contributed by atoms with Crippen LogP contribution in [0, 0.1) is 11.3 Å². The quantitative estimate of drug-likeness (QED) is 0.487. The third-order valence-corrected chi connectivity index (χ3v) is 5.06. The van der Waals surface area contributed by atoms with Crippen molar-refractivity contribution in [2.45, 2.75) is 17.3 Å². The first-order chi connectivity index (χ1) is 13.5. The Kier molecular flexibility index (Phi) is 6.14. The van der Waals surface area contributed by atoms with Gasteiger partial charge in [-0.3, -0.25) is 9.59 Å². The Hall–Kier alpha value is -3.08. The third kappa shape index (κ3) is 4.60. The number of hydrogen-bond acceptors (Lipinski definition) is 5. The summed E-state index contributed by atoms with van der Waals surface area (Å²) < 4.78 is 0. The summed E-state index contributed by atoms with van der Waals surface area (Å²) in [5.74, 6) is -0.226. The number of benzene rings is 2. The van der Waals surface area contributed by atoms with Crippen molar-refractivity contribution in [2.75, 3.05) is 5.32 Å². The summed E-state index contributed by atoms with van der Waals surface area (Å²) >= 11 is 7.01. The first kappa shape index (κ1) is 19.7. The number of nitrogens with zero attached hydrogens (tertiary/aromatic N) is 2. The highest BCUT2D eigenvalue weighted by Gasteiger charge is 2.19. The zero-order chi connectivity index (χ0) is 20.1. The van der Waals surface area contributed by atoms with Gasteiger partial charge in [-0.15, -0.1) is 0 Å². The van der Waals surface area contributed by atoms with Gasteiger partial charge in [-0.2, -0.15) is 5.26 Å². The van der Waals surface area contributed by atoms with E-state index in [1.54, 1.807) is 43.3 Å². The first-order valence-electron chi connectivity index (χ1n) is 8.31. The Labute approximate surface area is 170 Å². The molecule has 1 unspecified atom stereocenters. The molecule has 1 amide bonds. The summed E-state index contributed by atoms with van der Waals surface area (Å²) in [6, 6.07) is 17.7. The van der Waals surface area contributed by atoms with E-state index in [1.165, 1.54) is 0 Å². The van der Waals surface area contributed by atoms with Crippen molar-refractivity contribution in [3.05, 3.63) is 75.5 Å². The number of nitriles is 1. The number of hydrogen-bond donors (Lipinski definition) is 2. The number of nitrogens with one attached hydrogen (secondary N) is 2. The van der Waals surface area contributed by atoms with Gasteiger partial charge < -0.3 is 10.3 Å². The summed E-state index contributed by atoms with van der Waals surface area (Å²) in [7, 11) is 0. The molecule has 1 atom stereocenters. The summed E-state index contributed by atoms with van der Waals surface area (Å²) in [4.78, 5) is 31.7. The molecule has 0 fully saturated rings. The summed E-state index contributed by atoms with van der Waals surface area (Å²) in [6.45, 7) is 1.71. The molecule has 8 heteroatoms. The second-order valence-electron chi connectivity index (χ2n) is 5.83. The lowest BCUT2D eigenvalue weighted by atomic mass is 10.1. The Morgan fingerprint density at radius 1 is 1.21 bits per heavy atom. The molecule has 0 aliphatic rings. The molecule has 0 radical (unpaired) electrons. The summed E-state index contributed by atoms with van der Waals surface area (Å²) in [6.07, 6.45) is 0. The van der Waals surface area contributed by atoms with Gasteiger partial charge in [0.1, 0.15) is 11.6 Å². The van der Waals surface area contributed by atoms with Crippen LogP contribution in [-0.2, 0) is 4.79 Å². The minimum Gasteiger partial charge on any atom is -0.325 e. The van der Waals surface area contributed by atoms with E-state index >= 15 is 0 Å². The van der Waals surface area contributed by atoms with Gasteiger partial charge in [0.15, 0.2) is 5.16 Å². The van der Waals surface area contributed by atoms with Gasteiger partial charge in [-0.05, 0) is 31.2 Å². The van der Waals surface area contributed by atoms with Crippen LogP contribution in [-0.4, -0.2) is 21.1 Å². The number of amides is 1. The fraction of sp³-hybridized carbons (Fsp3) is 0.100. The van der Waals surface area contributed by atoms with Crippen LogP contribution < -0.4 is 10.9 Å². The molecule has 3 aromatic rings. The van der Waals surface area contributed by atoms with Crippen LogP contribution >= 0.6 is 23.4 Å². The Balaban J connectivity index is 1.86. The van der Waals surface area contributed by atoms with Crippen molar-refractivity contribution in [3.63, 3.8) is 0 Å². The Morgan fingerprint density at radius 2 is 1.89 bits per heavy atom. The fourth-order valence-electron chi connectivity index (χ4n) is 2.42. The van der Waals surface area contributed by atoms with E-state index in [1.807, 2.05) is 24.3 Å². The minimum absolute atomic E-state index is 0.0898. The van der Waals surface area contributed by atoms with E-state index in [-0.39, 0.29) is 22.3 Å². The molecule has 2 aromatic carbocycles. The normalized spacial score (nSPS) is 11.5. The Bertz CT molecular complexity index is 1090. The number of thioether (sulfide) groups is 1. The van der Waals surface area contributed by atoms with E-state index < -0.39 is 10.8 Å². The number of aromatic amines is 1. The molecule has 140 valence electrons. The lowest BCUT2D eigenvalue weighted by Gasteiger charge is -2.12. The van der Waals surface area contributed by atoms with E-state index in [2.05, 4.69) is 15.3 Å². The lowest BCUT2D eigenvalue weighted by molar-refractivity contribution is -0.115. The second kappa shape index (κ2) is 8.74. The van der Waals surface area contributed by atoms with E-state index in [9.17, 15) is 14.9 Å². The number of aromatic nitrogens is 2. The maximum Gasteiger partial charge on any atom is 0.270 e. The number of H-pyrrole nitrogens is 1. The average molecular weight is 411 g/mol. The maximum absolute atomic E-state index is 12.4. The second-order valence-corrected chi connectivity index (χ2v) is 7.59. The molecule has 0 saturated carbocycles. The molecule has 2 N–H and O–H groups in total. The molecular formula is C20H15ClN4O2S. The van der Waals surface area contributed by atoms with Crippen LogP contribution in [0.5, 0.6) is 0 Å². The van der Waals surface area contributed by atoms with Gasteiger partial charge in [0.2, 0.25) is 5.91 Å². The van der Waals surface area contributed by atoms with Gasteiger partial charge in [0.25, 0.3) is 5.56 Å². The predicted molar refractivity (Wildman–Crippen MR) is 110 cm³/mol. The first-order valence-corrected chi connectivity index (χ1v) is 9.56. The number of rotatable bonds is 5. The number of halogens is 1. The van der Waals surface area contributed by atoms with Crippen molar-refractivity contribution < 1.29 is 4.79 Å². The average Bonchev–Trinajstić information content (AvgIpc) is 2.69. The molecule has 28 heavy (non-hydrogen) atoms. The molecule has 0 aliphatic heterocycles. The van der Waals surface area contributed by atoms with Gasteiger partial charge in [0, 0.05) is 16.3 Å². The van der Waals surface area contributed by atoms with Gasteiger partial charge in [-0.1, -0.05) is 53.7 Å². The number of anilines is 1. The topological polar surface area (TPSA) is 98.6 Å². The molecule has 1 heterocycles. The number of carbonyl (C=O) groups is 1. The van der Waals surface area contributed by atoms with E-state index in [4.69, 9.17) is 11.6 Å². The van der Waals surface area contributed by atoms with E-state index in [0.29, 0.717) is 16.3 Å². The molecule has 1 aromatic heterocycles. The highest BCUT2D eigenvalue weighted by atomic mass is 35.5. The largest absolute Gasteiger partial charge is 0.325 e. The van der Waals surface area contributed by atoms with Crippen LogP contribution in [0.15, 0.2) is 64.5 Å². The van der Waals surface area contributed by atoms with Gasteiger partial charge >= 0.3 is 0 Å². The van der Waals surface area contributed by atoms with Crippen molar-refractivity contribution >= 4 is 35.0 Å². The van der Waals surface area contributed by atoms with Crippen molar-refractivity contribution in [2.24, 2.45) is 0 Å². The summed E-state index contributed by atoms with van der Waals surface area (Å²) in [5, 5.41) is 12.4. The van der Waals surface area contributed by atoms with Crippen LogP contribution in [0.1, 0.15) is 12.5 Å². The van der Waals surface area contributed by atoms with Crippen LogP contribution in [0.2, 0.25) is 5.02 Å². The highest BCUT2D eigenvalue weighted by molar-refractivity contribution is 8.00. The minimum atomic E-state index is -0.555. The number of para-hydroxylation sites is 1. The van der Waals surface area contributed by atoms with Crippen LogP contribution in [0.25, 0.3) is 11.3 Å². The highest BCUT2D eigenvalue weighted by Crippen LogP contribution is 2.25. The zero-order valence-corrected chi connectivity index (χ0v) is 16.3.